The van der Waals surface area contributed by atoms with Crippen LogP contribution in [0.4, 0.5) is 0 Å². The number of hydrogen-bond donors (Lipinski definition) is 0. The standard InChI is InChI=1S/2C4H9.Ni/c2*1-3-4-2;/h2*1,3-4H2,2H3;. The molecule has 1 heteroatoms. The van der Waals surface area contributed by atoms with Gasteiger partial charge in [-0.05, 0) is 0 Å². The summed E-state index contributed by atoms with van der Waals surface area (Å²) >= 11 is 1.94. The molecule has 0 rings (SSSR count). The summed E-state index contributed by atoms with van der Waals surface area (Å²) in [7, 11) is 0. The van der Waals surface area contributed by atoms with Gasteiger partial charge in [0, 0.05) is 0 Å². The second-order valence-electron chi connectivity index (χ2n) is 2.18. The molecule has 0 saturated heterocycles. The number of hydrogen-bond acceptors (Lipinski definition) is 0. The SMILES string of the molecule is CCC[CH2][Ni][CH2]CCC. The Labute approximate surface area is 65.2 Å². The van der Waals surface area contributed by atoms with Gasteiger partial charge in [0.2, 0.25) is 0 Å². The number of rotatable bonds is 6. The van der Waals surface area contributed by atoms with E-state index < -0.39 is 0 Å². The Balaban J connectivity index is 2.60. The molecule has 0 atom stereocenters. The molecule has 0 nitrogen and oxygen atoms in total. The van der Waals surface area contributed by atoms with Gasteiger partial charge < -0.3 is 0 Å². The van der Waals surface area contributed by atoms with Crippen LogP contribution in [-0.2, 0) is 14.4 Å². The van der Waals surface area contributed by atoms with Crippen molar-refractivity contribution in [2.24, 2.45) is 0 Å². The first-order valence-electron chi connectivity index (χ1n) is 3.86. The predicted molar refractivity (Wildman–Crippen MR) is 39.4 cm³/mol. The van der Waals surface area contributed by atoms with E-state index in [4.69, 9.17) is 0 Å². The first kappa shape index (κ1) is 9.49. The van der Waals surface area contributed by atoms with Gasteiger partial charge in [0.05, 0.1) is 0 Å². The summed E-state index contributed by atoms with van der Waals surface area (Å²) in [4.78, 5) is 0. The van der Waals surface area contributed by atoms with Crippen molar-refractivity contribution < 1.29 is 14.4 Å². The zero-order valence-electron chi connectivity index (χ0n) is 6.56. The summed E-state index contributed by atoms with van der Waals surface area (Å²) in [6, 6.07) is 0. The molecule has 0 bridgehead atoms. The van der Waals surface area contributed by atoms with E-state index in [9.17, 15) is 0 Å². The van der Waals surface area contributed by atoms with Crippen LogP contribution >= 0.6 is 0 Å². The molecule has 0 aromatic rings. The monoisotopic (exact) mass is 172 g/mol. The van der Waals surface area contributed by atoms with Crippen molar-refractivity contribution in [1.82, 2.24) is 0 Å². The Hall–Kier alpha value is 0.494. The first-order chi connectivity index (χ1) is 4.41. The average Bonchev–Trinajstić information content (AvgIpc) is 1.89. The molecule has 0 aliphatic heterocycles. The van der Waals surface area contributed by atoms with Crippen molar-refractivity contribution in [2.45, 2.75) is 50.3 Å². The van der Waals surface area contributed by atoms with Gasteiger partial charge in [-0.1, -0.05) is 0 Å². The third-order valence-electron chi connectivity index (χ3n) is 1.15. The van der Waals surface area contributed by atoms with E-state index in [0.29, 0.717) is 0 Å². The molecule has 0 amide bonds. The maximum atomic E-state index is 2.25. The Kier molecular flexibility index (Phi) is 8.96. The van der Waals surface area contributed by atoms with Gasteiger partial charge in [-0.25, -0.2) is 0 Å². The van der Waals surface area contributed by atoms with Gasteiger partial charge in [-0.15, -0.1) is 0 Å². The molecule has 60 valence electrons. The molecule has 0 radical (unpaired) electrons. The molecule has 0 fully saturated rings. The summed E-state index contributed by atoms with van der Waals surface area (Å²) in [5.41, 5.74) is 0. The minimum atomic E-state index is 1.35. The molecule has 0 aliphatic carbocycles. The predicted octanol–water partition coefficient (Wildman–Crippen LogP) is 3.51. The molecule has 0 aliphatic rings. The van der Waals surface area contributed by atoms with Crippen LogP contribution < -0.4 is 0 Å². The van der Waals surface area contributed by atoms with Crippen LogP contribution in [-0.4, -0.2) is 0 Å². The minimum absolute atomic E-state index is 1.35. The molecular weight excluding hydrogens is 155 g/mol. The fraction of sp³-hybridized carbons (Fsp3) is 1.00. The molecule has 0 aromatic carbocycles. The Morgan fingerprint density at radius 2 is 1.33 bits per heavy atom. The van der Waals surface area contributed by atoms with E-state index >= 15 is 0 Å². The molecule has 0 spiro atoms. The van der Waals surface area contributed by atoms with Crippen molar-refractivity contribution >= 4 is 0 Å². The second-order valence-corrected chi connectivity index (χ2v) is 3.66. The van der Waals surface area contributed by atoms with Gasteiger partial charge in [-0.3, -0.25) is 0 Å². The van der Waals surface area contributed by atoms with Crippen molar-refractivity contribution in [1.29, 1.82) is 0 Å². The first-order valence-corrected chi connectivity index (χ1v) is 5.26. The van der Waals surface area contributed by atoms with Crippen LogP contribution in [0.25, 0.3) is 0 Å². The van der Waals surface area contributed by atoms with E-state index in [1.807, 2.05) is 14.4 Å². The molecule has 0 unspecified atom stereocenters. The van der Waals surface area contributed by atoms with E-state index in [-0.39, 0.29) is 0 Å². The van der Waals surface area contributed by atoms with Crippen LogP contribution in [0.2, 0.25) is 10.8 Å². The molecule has 0 heterocycles. The maximum absolute atomic E-state index is 2.25. The zero-order chi connectivity index (χ0) is 6.95. The van der Waals surface area contributed by atoms with Gasteiger partial charge in [-0.2, -0.15) is 0 Å². The third-order valence-corrected chi connectivity index (χ3v) is 2.55. The van der Waals surface area contributed by atoms with Crippen LogP contribution in [0.15, 0.2) is 0 Å². The van der Waals surface area contributed by atoms with E-state index in [2.05, 4.69) is 13.8 Å². The Morgan fingerprint density at radius 1 is 0.889 bits per heavy atom. The fourth-order valence-electron chi connectivity index (χ4n) is 0.461. The van der Waals surface area contributed by atoms with Gasteiger partial charge in [0.15, 0.2) is 0 Å². The van der Waals surface area contributed by atoms with Crippen LogP contribution in [0.3, 0.4) is 0 Å². The van der Waals surface area contributed by atoms with Crippen molar-refractivity contribution in [3.8, 4) is 0 Å². The topological polar surface area (TPSA) is 0 Å². The number of unbranched alkanes of at least 4 members (excludes halogenated alkanes) is 2. The van der Waals surface area contributed by atoms with Gasteiger partial charge >= 0.3 is 64.8 Å². The van der Waals surface area contributed by atoms with E-state index in [1.54, 1.807) is 0 Å². The third kappa shape index (κ3) is 8.49. The zero-order valence-corrected chi connectivity index (χ0v) is 7.55. The quantitative estimate of drug-likeness (QED) is 0.425. The van der Waals surface area contributed by atoms with Gasteiger partial charge in [0.1, 0.15) is 0 Å². The molecular formula is C8H18Ni. The summed E-state index contributed by atoms with van der Waals surface area (Å²) in [5, 5.41) is 2.78. The van der Waals surface area contributed by atoms with Crippen molar-refractivity contribution in [3.63, 3.8) is 0 Å². The van der Waals surface area contributed by atoms with E-state index in [1.165, 1.54) is 36.5 Å². The Morgan fingerprint density at radius 3 is 1.67 bits per heavy atom. The summed E-state index contributed by atoms with van der Waals surface area (Å²) in [6.45, 7) is 4.51. The summed E-state index contributed by atoms with van der Waals surface area (Å²) < 4.78 is 0. The molecule has 0 aromatic heterocycles. The van der Waals surface area contributed by atoms with Crippen molar-refractivity contribution in [2.75, 3.05) is 0 Å². The van der Waals surface area contributed by atoms with Gasteiger partial charge in [0.25, 0.3) is 0 Å². The van der Waals surface area contributed by atoms with Crippen LogP contribution in [0.1, 0.15) is 39.5 Å². The molecule has 9 heavy (non-hydrogen) atoms. The van der Waals surface area contributed by atoms with Crippen molar-refractivity contribution in [3.05, 3.63) is 0 Å². The normalized spacial score (nSPS) is 10.4. The van der Waals surface area contributed by atoms with Crippen LogP contribution in [0.5, 0.6) is 0 Å². The second kappa shape index (κ2) is 8.49. The summed E-state index contributed by atoms with van der Waals surface area (Å²) in [6.07, 6.45) is 5.52. The molecule has 0 N–H and O–H groups in total. The average molecular weight is 173 g/mol. The molecule has 0 saturated carbocycles. The summed E-state index contributed by atoms with van der Waals surface area (Å²) in [5.74, 6) is 0. The fourth-order valence-corrected chi connectivity index (χ4v) is 1.90. The van der Waals surface area contributed by atoms with E-state index in [0.717, 1.165) is 0 Å². The Bertz CT molecular complexity index is 37.8. The van der Waals surface area contributed by atoms with Crippen LogP contribution in [0, 0.1) is 0 Å².